The Labute approximate surface area is 56.0 Å². The Balaban J connectivity index is 3.50. The smallest absolute Gasteiger partial charge is 0.133 e. The highest BCUT2D eigenvalue weighted by Gasteiger charge is 2.20. The zero-order chi connectivity index (χ0) is 7.44. The number of hydrogen-bond donors (Lipinski definition) is 1. The Bertz CT molecular complexity index is 102. The van der Waals surface area contributed by atoms with Crippen molar-refractivity contribution in [2.75, 3.05) is 0 Å². The summed E-state index contributed by atoms with van der Waals surface area (Å²) in [6, 6.07) is 0. The normalized spacial score (nSPS) is 15.9. The second kappa shape index (κ2) is 3.94. The largest absolute Gasteiger partial charge is 0.694 e. The van der Waals surface area contributed by atoms with Crippen LogP contribution in [0, 0.1) is 5.92 Å². The molecule has 0 aliphatic heterocycles. The first-order valence-electron chi connectivity index (χ1n) is 2.87. The quantitative estimate of drug-likeness (QED) is 0.624. The van der Waals surface area contributed by atoms with Gasteiger partial charge in [-0.3, -0.25) is 0 Å². The predicted molar refractivity (Wildman–Crippen MR) is 35.2 cm³/mol. The van der Waals surface area contributed by atoms with Crippen LogP contribution in [0.25, 0.3) is 0 Å². The standard InChI is InChI=1S/C5H11O3P/c1-4(2)5(3)8-9(6)7/h4-5H,1-3H3/p+1. The third kappa shape index (κ3) is 4.52. The summed E-state index contributed by atoms with van der Waals surface area (Å²) in [7, 11) is -2.42. The van der Waals surface area contributed by atoms with Gasteiger partial charge in [-0.15, -0.1) is 9.42 Å². The van der Waals surface area contributed by atoms with Gasteiger partial charge in [0.25, 0.3) is 0 Å². The van der Waals surface area contributed by atoms with Crippen LogP contribution in [0.1, 0.15) is 20.8 Å². The van der Waals surface area contributed by atoms with Crippen molar-refractivity contribution in [2.45, 2.75) is 26.9 Å². The van der Waals surface area contributed by atoms with Gasteiger partial charge in [0, 0.05) is 4.57 Å². The van der Waals surface area contributed by atoms with Gasteiger partial charge in [0.1, 0.15) is 6.10 Å². The minimum atomic E-state index is -2.42. The number of hydrogen-bond acceptors (Lipinski definition) is 2. The lowest BCUT2D eigenvalue weighted by molar-refractivity contribution is 0.160. The van der Waals surface area contributed by atoms with Crippen LogP contribution >= 0.6 is 8.25 Å². The first-order chi connectivity index (χ1) is 4.04. The molecule has 0 heterocycles. The van der Waals surface area contributed by atoms with Crippen molar-refractivity contribution in [3.8, 4) is 0 Å². The van der Waals surface area contributed by atoms with E-state index in [2.05, 4.69) is 4.52 Å². The summed E-state index contributed by atoms with van der Waals surface area (Å²) in [6.45, 7) is 5.64. The van der Waals surface area contributed by atoms with Gasteiger partial charge in [-0.05, 0) is 12.8 Å². The van der Waals surface area contributed by atoms with Gasteiger partial charge in [0.05, 0.1) is 0 Å². The molecule has 2 atom stereocenters. The van der Waals surface area contributed by atoms with E-state index in [0.29, 0.717) is 0 Å². The zero-order valence-corrected chi connectivity index (χ0v) is 6.76. The summed E-state index contributed by atoms with van der Waals surface area (Å²) < 4.78 is 14.6. The van der Waals surface area contributed by atoms with Gasteiger partial charge in [-0.1, -0.05) is 13.8 Å². The summed E-state index contributed by atoms with van der Waals surface area (Å²) in [5.41, 5.74) is 0. The highest BCUT2D eigenvalue weighted by molar-refractivity contribution is 7.32. The van der Waals surface area contributed by atoms with Crippen LogP contribution in [-0.2, 0) is 9.09 Å². The van der Waals surface area contributed by atoms with Crippen molar-refractivity contribution in [3.05, 3.63) is 0 Å². The van der Waals surface area contributed by atoms with E-state index < -0.39 is 8.25 Å². The zero-order valence-electron chi connectivity index (χ0n) is 5.87. The molecule has 2 unspecified atom stereocenters. The molecule has 0 bridgehead atoms. The number of rotatable bonds is 3. The van der Waals surface area contributed by atoms with Gasteiger partial charge < -0.3 is 0 Å². The van der Waals surface area contributed by atoms with E-state index >= 15 is 0 Å². The molecule has 0 radical (unpaired) electrons. The molecular formula is C5H12O3P+. The third-order valence-electron chi connectivity index (χ3n) is 1.20. The van der Waals surface area contributed by atoms with E-state index in [9.17, 15) is 4.57 Å². The lowest BCUT2D eigenvalue weighted by atomic mass is 10.1. The second-order valence-electron chi connectivity index (χ2n) is 2.29. The van der Waals surface area contributed by atoms with Gasteiger partial charge in [0.15, 0.2) is 0 Å². The Morgan fingerprint density at radius 1 is 1.44 bits per heavy atom. The summed E-state index contributed by atoms with van der Waals surface area (Å²) in [5, 5.41) is 0. The summed E-state index contributed by atoms with van der Waals surface area (Å²) in [5.74, 6) is 0.288. The molecule has 54 valence electrons. The Morgan fingerprint density at radius 3 is 2.00 bits per heavy atom. The Hall–Kier alpha value is 0.0200. The predicted octanol–water partition coefficient (Wildman–Crippen LogP) is 1.70. The molecule has 3 nitrogen and oxygen atoms in total. The molecule has 0 aromatic carbocycles. The average molecular weight is 151 g/mol. The first-order valence-corrected chi connectivity index (χ1v) is 4.00. The van der Waals surface area contributed by atoms with Crippen LogP contribution in [0.2, 0.25) is 0 Å². The SMILES string of the molecule is CC(C)C(C)O[P+](=O)O. The molecule has 1 N–H and O–H groups in total. The lowest BCUT2D eigenvalue weighted by Crippen LogP contribution is -2.10. The molecule has 0 aliphatic rings. The van der Waals surface area contributed by atoms with Crippen LogP contribution < -0.4 is 0 Å². The van der Waals surface area contributed by atoms with E-state index in [1.165, 1.54) is 0 Å². The van der Waals surface area contributed by atoms with Crippen LogP contribution in [-0.4, -0.2) is 11.0 Å². The average Bonchev–Trinajstić information content (AvgIpc) is 1.63. The molecule has 0 amide bonds. The Morgan fingerprint density at radius 2 is 1.89 bits per heavy atom. The second-order valence-corrected chi connectivity index (χ2v) is 2.98. The van der Waals surface area contributed by atoms with Crippen LogP contribution in [0.15, 0.2) is 0 Å². The van der Waals surface area contributed by atoms with Gasteiger partial charge >= 0.3 is 8.25 Å². The van der Waals surface area contributed by atoms with Crippen molar-refractivity contribution in [3.63, 3.8) is 0 Å². The Kier molecular flexibility index (Phi) is 3.95. The molecule has 0 aliphatic carbocycles. The maximum Gasteiger partial charge on any atom is 0.694 e. The van der Waals surface area contributed by atoms with Crippen LogP contribution in [0.4, 0.5) is 0 Å². The van der Waals surface area contributed by atoms with Crippen molar-refractivity contribution in [1.82, 2.24) is 0 Å². The first kappa shape index (κ1) is 9.02. The fourth-order valence-corrected chi connectivity index (χ4v) is 0.792. The van der Waals surface area contributed by atoms with Crippen molar-refractivity contribution >= 4 is 8.25 Å². The summed E-state index contributed by atoms with van der Waals surface area (Å²) in [6.07, 6.45) is -0.140. The molecular weight excluding hydrogens is 139 g/mol. The molecule has 0 rings (SSSR count). The lowest BCUT2D eigenvalue weighted by Gasteiger charge is -2.05. The van der Waals surface area contributed by atoms with Gasteiger partial charge in [-0.25, -0.2) is 0 Å². The molecule has 4 heteroatoms. The molecule has 0 aromatic heterocycles. The van der Waals surface area contributed by atoms with E-state index in [4.69, 9.17) is 4.89 Å². The molecule has 0 fully saturated rings. The van der Waals surface area contributed by atoms with E-state index in [0.717, 1.165) is 0 Å². The molecule has 9 heavy (non-hydrogen) atoms. The van der Waals surface area contributed by atoms with Crippen molar-refractivity contribution in [1.29, 1.82) is 0 Å². The van der Waals surface area contributed by atoms with Crippen LogP contribution in [0.5, 0.6) is 0 Å². The highest BCUT2D eigenvalue weighted by Crippen LogP contribution is 2.21. The fourth-order valence-electron chi connectivity index (χ4n) is 0.264. The molecule has 0 aromatic rings. The molecule has 0 spiro atoms. The van der Waals surface area contributed by atoms with E-state index in [-0.39, 0.29) is 12.0 Å². The highest BCUT2D eigenvalue weighted by atomic mass is 31.1. The topological polar surface area (TPSA) is 46.5 Å². The van der Waals surface area contributed by atoms with E-state index in [1.807, 2.05) is 13.8 Å². The third-order valence-corrected chi connectivity index (χ3v) is 1.71. The van der Waals surface area contributed by atoms with Gasteiger partial charge in [-0.2, -0.15) is 0 Å². The van der Waals surface area contributed by atoms with Crippen molar-refractivity contribution in [2.24, 2.45) is 5.92 Å². The molecule has 0 saturated heterocycles. The summed E-state index contributed by atoms with van der Waals surface area (Å²) in [4.78, 5) is 8.26. The fraction of sp³-hybridized carbons (Fsp3) is 1.00. The van der Waals surface area contributed by atoms with E-state index in [1.54, 1.807) is 6.92 Å². The minimum Gasteiger partial charge on any atom is -0.133 e. The van der Waals surface area contributed by atoms with Crippen LogP contribution in [0.3, 0.4) is 0 Å². The van der Waals surface area contributed by atoms with Crippen molar-refractivity contribution < 1.29 is 14.0 Å². The summed E-state index contributed by atoms with van der Waals surface area (Å²) >= 11 is 0. The minimum absolute atomic E-state index is 0.140. The van der Waals surface area contributed by atoms with Gasteiger partial charge in [0.2, 0.25) is 0 Å². The maximum atomic E-state index is 10.0. The monoisotopic (exact) mass is 151 g/mol. The molecule has 0 saturated carbocycles. The maximum absolute atomic E-state index is 10.0.